The summed E-state index contributed by atoms with van der Waals surface area (Å²) in [5, 5.41) is 2.72. The number of benzene rings is 1. The molecule has 0 radical (unpaired) electrons. The first-order valence-corrected chi connectivity index (χ1v) is 6.18. The molecule has 3 nitrogen and oxygen atoms in total. The van der Waals surface area contributed by atoms with E-state index in [1.54, 1.807) is 19.2 Å². The van der Waals surface area contributed by atoms with Crippen LogP contribution in [0.5, 0.6) is 0 Å². The molecule has 0 aliphatic rings. The van der Waals surface area contributed by atoms with E-state index in [1.165, 1.54) is 6.07 Å². The molecule has 0 spiro atoms. The summed E-state index contributed by atoms with van der Waals surface area (Å²) in [5.41, 5.74) is 0.994. The summed E-state index contributed by atoms with van der Waals surface area (Å²) in [6.45, 7) is 3.14. The van der Waals surface area contributed by atoms with Crippen LogP contribution in [-0.4, -0.2) is 26.2 Å². The van der Waals surface area contributed by atoms with E-state index in [0.29, 0.717) is 6.54 Å². The number of halogens is 1. The SMILES string of the molecule is COCCCCCNC(=O)c1cc(C)ccc1F. The smallest absolute Gasteiger partial charge is 0.254 e. The minimum absolute atomic E-state index is 0.117. The van der Waals surface area contributed by atoms with Crippen LogP contribution in [0.1, 0.15) is 35.2 Å². The van der Waals surface area contributed by atoms with Crippen LogP contribution in [0.3, 0.4) is 0 Å². The van der Waals surface area contributed by atoms with Crippen LogP contribution in [0.15, 0.2) is 18.2 Å². The van der Waals surface area contributed by atoms with Crippen molar-refractivity contribution in [2.24, 2.45) is 0 Å². The van der Waals surface area contributed by atoms with E-state index in [9.17, 15) is 9.18 Å². The van der Waals surface area contributed by atoms with Crippen molar-refractivity contribution in [2.45, 2.75) is 26.2 Å². The summed E-state index contributed by atoms with van der Waals surface area (Å²) >= 11 is 0. The lowest BCUT2D eigenvalue weighted by Gasteiger charge is -2.06. The highest BCUT2D eigenvalue weighted by atomic mass is 19.1. The highest BCUT2D eigenvalue weighted by Crippen LogP contribution is 2.09. The Bertz CT molecular complexity index is 393. The molecule has 0 aliphatic heterocycles. The van der Waals surface area contributed by atoms with Crippen molar-refractivity contribution in [3.63, 3.8) is 0 Å². The van der Waals surface area contributed by atoms with E-state index in [0.717, 1.165) is 31.4 Å². The third-order valence-corrected chi connectivity index (χ3v) is 2.68. The molecule has 1 amide bonds. The molecule has 1 N–H and O–H groups in total. The van der Waals surface area contributed by atoms with Crippen LogP contribution in [0.2, 0.25) is 0 Å². The number of carbonyl (C=O) groups is 1. The number of methoxy groups -OCH3 is 1. The summed E-state index contributed by atoms with van der Waals surface area (Å²) in [5.74, 6) is -0.819. The first kappa shape index (κ1) is 14.6. The molecular weight excluding hydrogens is 233 g/mol. The molecule has 1 aromatic rings. The van der Waals surface area contributed by atoms with Crippen molar-refractivity contribution in [2.75, 3.05) is 20.3 Å². The van der Waals surface area contributed by atoms with Gasteiger partial charge in [-0.05, 0) is 38.3 Å². The van der Waals surface area contributed by atoms with Crippen LogP contribution < -0.4 is 5.32 Å². The second-order valence-corrected chi connectivity index (χ2v) is 4.29. The molecule has 0 aliphatic carbocycles. The van der Waals surface area contributed by atoms with Crippen LogP contribution in [0.25, 0.3) is 0 Å². The highest BCUT2D eigenvalue weighted by Gasteiger charge is 2.10. The van der Waals surface area contributed by atoms with Crippen LogP contribution >= 0.6 is 0 Å². The van der Waals surface area contributed by atoms with Crippen molar-refractivity contribution in [3.05, 3.63) is 35.1 Å². The first-order valence-electron chi connectivity index (χ1n) is 6.18. The molecule has 100 valence electrons. The lowest BCUT2D eigenvalue weighted by molar-refractivity contribution is 0.0948. The molecule has 0 saturated heterocycles. The van der Waals surface area contributed by atoms with Crippen LogP contribution in [-0.2, 0) is 4.74 Å². The minimum Gasteiger partial charge on any atom is -0.385 e. The van der Waals surface area contributed by atoms with Gasteiger partial charge in [-0.1, -0.05) is 11.6 Å². The van der Waals surface area contributed by atoms with Gasteiger partial charge in [0.25, 0.3) is 5.91 Å². The Balaban J connectivity index is 2.34. The molecule has 0 saturated carbocycles. The van der Waals surface area contributed by atoms with Gasteiger partial charge in [0.2, 0.25) is 0 Å². The van der Waals surface area contributed by atoms with Crippen LogP contribution in [0.4, 0.5) is 4.39 Å². The zero-order valence-corrected chi connectivity index (χ0v) is 11.0. The first-order chi connectivity index (χ1) is 8.65. The summed E-state index contributed by atoms with van der Waals surface area (Å²) in [4.78, 5) is 11.7. The van der Waals surface area contributed by atoms with Crippen molar-refractivity contribution in [1.29, 1.82) is 0 Å². The summed E-state index contributed by atoms with van der Waals surface area (Å²) in [6, 6.07) is 4.54. The van der Waals surface area contributed by atoms with Gasteiger partial charge in [0.15, 0.2) is 0 Å². The molecule has 0 aromatic heterocycles. The normalized spacial score (nSPS) is 10.4. The average molecular weight is 253 g/mol. The van der Waals surface area contributed by atoms with E-state index < -0.39 is 5.82 Å². The zero-order valence-electron chi connectivity index (χ0n) is 11.0. The van der Waals surface area contributed by atoms with Gasteiger partial charge in [0.05, 0.1) is 5.56 Å². The maximum atomic E-state index is 13.4. The van der Waals surface area contributed by atoms with Crippen molar-refractivity contribution >= 4 is 5.91 Å². The van der Waals surface area contributed by atoms with Gasteiger partial charge in [-0.25, -0.2) is 4.39 Å². The number of nitrogens with one attached hydrogen (secondary N) is 1. The van der Waals surface area contributed by atoms with Gasteiger partial charge >= 0.3 is 0 Å². The molecule has 0 bridgehead atoms. The van der Waals surface area contributed by atoms with E-state index in [-0.39, 0.29) is 11.5 Å². The van der Waals surface area contributed by atoms with Crippen molar-refractivity contribution < 1.29 is 13.9 Å². The minimum atomic E-state index is -0.475. The Labute approximate surface area is 107 Å². The van der Waals surface area contributed by atoms with E-state index >= 15 is 0 Å². The highest BCUT2D eigenvalue weighted by molar-refractivity contribution is 5.94. The Morgan fingerprint density at radius 1 is 1.33 bits per heavy atom. The molecule has 1 rings (SSSR count). The lowest BCUT2D eigenvalue weighted by Crippen LogP contribution is -2.25. The second-order valence-electron chi connectivity index (χ2n) is 4.29. The fourth-order valence-electron chi connectivity index (χ4n) is 1.66. The second kappa shape index (κ2) is 7.82. The number of ether oxygens (including phenoxy) is 1. The van der Waals surface area contributed by atoms with Crippen LogP contribution in [0, 0.1) is 12.7 Å². The fraction of sp³-hybridized carbons (Fsp3) is 0.500. The molecule has 1 aromatic carbocycles. The van der Waals surface area contributed by atoms with Gasteiger partial charge in [-0.3, -0.25) is 4.79 Å². The number of hydrogen-bond donors (Lipinski definition) is 1. The number of unbranched alkanes of at least 4 members (excludes halogenated alkanes) is 2. The molecule has 0 atom stereocenters. The largest absolute Gasteiger partial charge is 0.385 e. The van der Waals surface area contributed by atoms with Gasteiger partial charge in [0.1, 0.15) is 5.82 Å². The Hall–Kier alpha value is -1.42. The number of aryl methyl sites for hydroxylation is 1. The van der Waals surface area contributed by atoms with Crippen molar-refractivity contribution in [1.82, 2.24) is 5.32 Å². The third-order valence-electron chi connectivity index (χ3n) is 2.68. The van der Waals surface area contributed by atoms with E-state index in [1.807, 2.05) is 6.92 Å². The van der Waals surface area contributed by atoms with Gasteiger partial charge in [0, 0.05) is 20.3 Å². The fourth-order valence-corrected chi connectivity index (χ4v) is 1.66. The monoisotopic (exact) mass is 253 g/mol. The Morgan fingerprint density at radius 3 is 2.83 bits per heavy atom. The van der Waals surface area contributed by atoms with E-state index in [2.05, 4.69) is 5.32 Å². The molecule has 4 heteroatoms. The predicted molar refractivity (Wildman–Crippen MR) is 69.2 cm³/mol. The third kappa shape index (κ3) is 4.84. The predicted octanol–water partition coefficient (Wildman–Crippen LogP) is 2.68. The number of rotatable bonds is 7. The summed E-state index contributed by atoms with van der Waals surface area (Å²) < 4.78 is 18.3. The van der Waals surface area contributed by atoms with Gasteiger partial charge in [-0.2, -0.15) is 0 Å². The van der Waals surface area contributed by atoms with Gasteiger partial charge in [-0.15, -0.1) is 0 Å². The average Bonchev–Trinajstić information content (AvgIpc) is 2.36. The topological polar surface area (TPSA) is 38.3 Å². The number of carbonyl (C=O) groups excluding carboxylic acids is 1. The number of amides is 1. The zero-order chi connectivity index (χ0) is 13.4. The number of hydrogen-bond acceptors (Lipinski definition) is 2. The summed E-state index contributed by atoms with van der Waals surface area (Å²) in [7, 11) is 1.67. The summed E-state index contributed by atoms with van der Waals surface area (Å²) in [6.07, 6.45) is 2.85. The Kier molecular flexibility index (Phi) is 6.36. The quantitative estimate of drug-likeness (QED) is 0.759. The van der Waals surface area contributed by atoms with Gasteiger partial charge < -0.3 is 10.1 Å². The standard InChI is InChI=1S/C14H20FNO2/c1-11-6-7-13(15)12(10-11)14(17)16-8-4-3-5-9-18-2/h6-7,10H,3-5,8-9H2,1-2H3,(H,16,17). The van der Waals surface area contributed by atoms with Crippen molar-refractivity contribution in [3.8, 4) is 0 Å². The maximum Gasteiger partial charge on any atom is 0.254 e. The molecule has 0 heterocycles. The molecule has 18 heavy (non-hydrogen) atoms. The molecule has 0 fully saturated rings. The maximum absolute atomic E-state index is 13.4. The Morgan fingerprint density at radius 2 is 2.11 bits per heavy atom. The van der Waals surface area contributed by atoms with E-state index in [4.69, 9.17) is 4.74 Å². The molecular formula is C14H20FNO2. The lowest BCUT2D eigenvalue weighted by atomic mass is 10.1. The molecule has 0 unspecified atom stereocenters.